The molecule has 0 atom stereocenters. The second-order valence-corrected chi connectivity index (χ2v) is 4.38. The average Bonchev–Trinajstić information content (AvgIpc) is 2.85. The summed E-state index contributed by atoms with van der Waals surface area (Å²) in [5.74, 6) is -0.460. The number of hydrogen-bond donors (Lipinski definition) is 2. The molecule has 5 nitrogen and oxygen atoms in total. The first kappa shape index (κ1) is 12.9. The number of carbonyl (C=O) groups is 1. The van der Waals surface area contributed by atoms with Crippen molar-refractivity contribution in [2.75, 3.05) is 6.61 Å². The zero-order valence-corrected chi connectivity index (χ0v) is 9.37. The molecule has 8 heteroatoms. The Labute approximate surface area is 101 Å². The highest BCUT2D eigenvalue weighted by Gasteiger charge is 2.43. The lowest BCUT2D eigenvalue weighted by Crippen LogP contribution is -2.41. The molecular weight excluding hydrogens is 251 g/mol. The van der Waals surface area contributed by atoms with Gasteiger partial charge in [0.15, 0.2) is 5.69 Å². The van der Waals surface area contributed by atoms with Crippen molar-refractivity contribution in [2.24, 2.45) is 0 Å². The van der Waals surface area contributed by atoms with Crippen LogP contribution in [0, 0.1) is 0 Å². The predicted octanol–water partition coefficient (Wildman–Crippen LogP) is 0.543. The Hall–Kier alpha value is -1.57. The number of aliphatic hydroxyl groups is 1. The summed E-state index contributed by atoms with van der Waals surface area (Å²) in [6.07, 6.45) is -2.05. The predicted molar refractivity (Wildman–Crippen MR) is 54.4 cm³/mol. The monoisotopic (exact) mass is 263 g/mol. The van der Waals surface area contributed by atoms with Gasteiger partial charge in [-0.25, -0.2) is 0 Å². The molecular formula is C10H12F3N3O2. The number of rotatable bonds is 4. The number of aromatic nitrogens is 2. The van der Waals surface area contributed by atoms with E-state index in [1.165, 1.54) is 0 Å². The standard InChI is InChI=1S/C10H12F3N3O2/c11-10(12,13)7-1-4-16(15-7)5-8(18)14-9(6-17)2-3-9/h1,4,17H,2-3,5-6H2,(H,14,18). The minimum Gasteiger partial charge on any atom is -0.394 e. The molecule has 1 aliphatic rings. The Morgan fingerprint density at radius 3 is 2.67 bits per heavy atom. The van der Waals surface area contributed by atoms with Crippen LogP contribution in [0.15, 0.2) is 12.3 Å². The van der Waals surface area contributed by atoms with E-state index in [4.69, 9.17) is 5.11 Å². The first-order valence-electron chi connectivity index (χ1n) is 5.37. The van der Waals surface area contributed by atoms with Crippen LogP contribution >= 0.6 is 0 Å². The summed E-state index contributed by atoms with van der Waals surface area (Å²) in [6, 6.07) is 0.812. The van der Waals surface area contributed by atoms with E-state index in [0.29, 0.717) is 12.8 Å². The third-order valence-electron chi connectivity index (χ3n) is 2.80. The lowest BCUT2D eigenvalue weighted by molar-refractivity contribution is -0.141. The van der Waals surface area contributed by atoms with Gasteiger partial charge in [0.1, 0.15) is 6.54 Å². The number of alkyl halides is 3. The molecule has 1 aromatic rings. The van der Waals surface area contributed by atoms with Crippen LogP contribution in [-0.2, 0) is 17.5 Å². The van der Waals surface area contributed by atoms with Gasteiger partial charge in [-0.05, 0) is 18.9 Å². The molecule has 1 saturated carbocycles. The van der Waals surface area contributed by atoms with E-state index in [1.807, 2.05) is 0 Å². The molecule has 18 heavy (non-hydrogen) atoms. The Bertz CT molecular complexity index is 451. The average molecular weight is 263 g/mol. The Kier molecular flexibility index (Phi) is 3.05. The highest BCUT2D eigenvalue weighted by molar-refractivity contribution is 5.77. The van der Waals surface area contributed by atoms with E-state index in [0.717, 1.165) is 16.9 Å². The summed E-state index contributed by atoms with van der Waals surface area (Å²) < 4.78 is 37.7. The topological polar surface area (TPSA) is 67.2 Å². The summed E-state index contributed by atoms with van der Waals surface area (Å²) in [6.45, 7) is -0.455. The Morgan fingerprint density at radius 2 is 2.22 bits per heavy atom. The summed E-state index contributed by atoms with van der Waals surface area (Å²) in [5.41, 5.74) is -1.60. The maximum absolute atomic E-state index is 12.3. The third kappa shape index (κ3) is 2.81. The summed E-state index contributed by atoms with van der Waals surface area (Å²) in [7, 11) is 0. The number of nitrogens with one attached hydrogen (secondary N) is 1. The van der Waals surface area contributed by atoms with Gasteiger partial charge in [0.05, 0.1) is 12.1 Å². The largest absolute Gasteiger partial charge is 0.435 e. The van der Waals surface area contributed by atoms with Crippen molar-refractivity contribution in [2.45, 2.75) is 31.1 Å². The van der Waals surface area contributed by atoms with Gasteiger partial charge in [0.2, 0.25) is 5.91 Å². The van der Waals surface area contributed by atoms with Gasteiger partial charge in [-0.1, -0.05) is 0 Å². The number of carbonyl (C=O) groups excluding carboxylic acids is 1. The van der Waals surface area contributed by atoms with Crippen LogP contribution < -0.4 is 5.32 Å². The van der Waals surface area contributed by atoms with E-state index in [2.05, 4.69) is 10.4 Å². The summed E-state index contributed by atoms with van der Waals surface area (Å²) >= 11 is 0. The molecule has 0 unspecified atom stereocenters. The molecule has 0 aromatic carbocycles. The zero-order chi connectivity index (χ0) is 13.4. The van der Waals surface area contributed by atoms with Gasteiger partial charge < -0.3 is 10.4 Å². The fraction of sp³-hybridized carbons (Fsp3) is 0.600. The fourth-order valence-electron chi connectivity index (χ4n) is 1.56. The smallest absolute Gasteiger partial charge is 0.394 e. The minimum atomic E-state index is -4.51. The van der Waals surface area contributed by atoms with Crippen molar-refractivity contribution in [1.82, 2.24) is 15.1 Å². The van der Waals surface area contributed by atoms with Gasteiger partial charge in [-0.2, -0.15) is 18.3 Å². The Morgan fingerprint density at radius 1 is 1.56 bits per heavy atom. The second-order valence-electron chi connectivity index (χ2n) is 4.38. The van der Waals surface area contributed by atoms with Gasteiger partial charge >= 0.3 is 6.18 Å². The van der Waals surface area contributed by atoms with Gasteiger partial charge in [-0.15, -0.1) is 0 Å². The third-order valence-corrected chi connectivity index (χ3v) is 2.80. The van der Waals surface area contributed by atoms with Crippen LogP contribution in [0.5, 0.6) is 0 Å². The quantitative estimate of drug-likeness (QED) is 0.833. The van der Waals surface area contributed by atoms with E-state index < -0.39 is 23.3 Å². The van der Waals surface area contributed by atoms with Gasteiger partial charge in [0.25, 0.3) is 0 Å². The maximum Gasteiger partial charge on any atom is 0.435 e. The number of hydrogen-bond acceptors (Lipinski definition) is 3. The number of aliphatic hydroxyl groups excluding tert-OH is 1. The molecule has 1 aliphatic carbocycles. The lowest BCUT2D eigenvalue weighted by Gasteiger charge is -2.13. The first-order valence-corrected chi connectivity index (χ1v) is 5.37. The fourth-order valence-corrected chi connectivity index (χ4v) is 1.56. The van der Waals surface area contributed by atoms with Crippen molar-refractivity contribution in [3.05, 3.63) is 18.0 Å². The van der Waals surface area contributed by atoms with Crippen LogP contribution in [0.25, 0.3) is 0 Å². The number of halogens is 3. The van der Waals surface area contributed by atoms with E-state index in [1.54, 1.807) is 0 Å². The van der Waals surface area contributed by atoms with E-state index in [9.17, 15) is 18.0 Å². The van der Waals surface area contributed by atoms with Crippen LogP contribution in [0.3, 0.4) is 0 Å². The van der Waals surface area contributed by atoms with E-state index in [-0.39, 0.29) is 13.2 Å². The molecule has 0 bridgehead atoms. The molecule has 100 valence electrons. The second kappa shape index (κ2) is 4.27. The van der Waals surface area contributed by atoms with Crippen molar-refractivity contribution < 1.29 is 23.1 Å². The maximum atomic E-state index is 12.3. The molecule has 0 aliphatic heterocycles. The first-order chi connectivity index (χ1) is 8.35. The van der Waals surface area contributed by atoms with Crippen LogP contribution in [-0.4, -0.2) is 32.9 Å². The number of nitrogens with zero attached hydrogens (tertiary/aromatic N) is 2. The zero-order valence-electron chi connectivity index (χ0n) is 9.37. The molecule has 1 amide bonds. The van der Waals surface area contributed by atoms with Crippen LogP contribution in [0.1, 0.15) is 18.5 Å². The van der Waals surface area contributed by atoms with Crippen molar-refractivity contribution >= 4 is 5.91 Å². The summed E-state index contributed by atoms with van der Waals surface area (Å²) in [4.78, 5) is 11.5. The van der Waals surface area contributed by atoms with Crippen molar-refractivity contribution in [3.8, 4) is 0 Å². The van der Waals surface area contributed by atoms with Crippen molar-refractivity contribution in [3.63, 3.8) is 0 Å². The van der Waals surface area contributed by atoms with Crippen LogP contribution in [0.4, 0.5) is 13.2 Å². The van der Waals surface area contributed by atoms with Gasteiger partial charge in [-0.3, -0.25) is 9.48 Å². The molecule has 1 heterocycles. The normalized spacial score (nSPS) is 17.6. The SMILES string of the molecule is O=C(Cn1ccc(C(F)(F)F)n1)NC1(CO)CC1. The molecule has 0 saturated heterocycles. The summed E-state index contributed by atoms with van der Waals surface area (Å²) in [5, 5.41) is 14.8. The van der Waals surface area contributed by atoms with E-state index >= 15 is 0 Å². The molecule has 2 rings (SSSR count). The molecule has 0 spiro atoms. The lowest BCUT2D eigenvalue weighted by atomic mass is 10.3. The highest BCUT2D eigenvalue weighted by atomic mass is 19.4. The molecule has 0 radical (unpaired) electrons. The number of amides is 1. The van der Waals surface area contributed by atoms with Gasteiger partial charge in [0, 0.05) is 6.20 Å². The van der Waals surface area contributed by atoms with Crippen LogP contribution in [0.2, 0.25) is 0 Å². The molecule has 1 aromatic heterocycles. The minimum absolute atomic E-state index is 0.161. The molecule has 2 N–H and O–H groups in total. The Balaban J connectivity index is 1.93. The molecule has 1 fully saturated rings. The highest BCUT2D eigenvalue weighted by Crippen LogP contribution is 2.34. The van der Waals surface area contributed by atoms with Crippen molar-refractivity contribution in [1.29, 1.82) is 0 Å².